The number of ether oxygens (including phenoxy) is 1. The zero-order valence-corrected chi connectivity index (χ0v) is 9.48. The SMILES string of the molecule is c1cc2c(cc1OCC1CSC1)CNC2. The summed E-state index contributed by atoms with van der Waals surface area (Å²) in [7, 11) is 0. The summed E-state index contributed by atoms with van der Waals surface area (Å²) in [5.41, 5.74) is 2.82. The van der Waals surface area contributed by atoms with Crippen molar-refractivity contribution in [1.82, 2.24) is 5.32 Å². The van der Waals surface area contributed by atoms with E-state index in [0.29, 0.717) is 0 Å². The second-order valence-corrected chi connectivity index (χ2v) is 5.32. The maximum absolute atomic E-state index is 5.79. The molecule has 0 saturated carbocycles. The molecule has 3 heteroatoms. The van der Waals surface area contributed by atoms with Crippen molar-refractivity contribution < 1.29 is 4.74 Å². The molecule has 15 heavy (non-hydrogen) atoms. The average Bonchev–Trinajstić information content (AvgIpc) is 2.62. The number of thioether (sulfide) groups is 1. The van der Waals surface area contributed by atoms with Crippen LogP contribution in [0.25, 0.3) is 0 Å². The molecular formula is C12H15NOS. The van der Waals surface area contributed by atoms with Crippen LogP contribution in [0.3, 0.4) is 0 Å². The van der Waals surface area contributed by atoms with Gasteiger partial charge in [0.25, 0.3) is 0 Å². The Morgan fingerprint density at radius 2 is 2.13 bits per heavy atom. The lowest BCUT2D eigenvalue weighted by Gasteiger charge is -2.24. The number of rotatable bonds is 3. The van der Waals surface area contributed by atoms with Gasteiger partial charge < -0.3 is 10.1 Å². The number of benzene rings is 1. The minimum atomic E-state index is 0.779. The van der Waals surface area contributed by atoms with Gasteiger partial charge in [-0.1, -0.05) is 6.07 Å². The maximum Gasteiger partial charge on any atom is 0.119 e. The summed E-state index contributed by atoms with van der Waals surface area (Å²) in [4.78, 5) is 0. The Balaban J connectivity index is 1.64. The fraction of sp³-hybridized carbons (Fsp3) is 0.500. The highest BCUT2D eigenvalue weighted by atomic mass is 32.2. The fourth-order valence-corrected chi connectivity index (χ4v) is 2.72. The van der Waals surface area contributed by atoms with Gasteiger partial charge in [0.05, 0.1) is 6.61 Å². The molecule has 0 atom stereocenters. The van der Waals surface area contributed by atoms with Gasteiger partial charge in [0.1, 0.15) is 5.75 Å². The summed E-state index contributed by atoms with van der Waals surface area (Å²) < 4.78 is 5.79. The van der Waals surface area contributed by atoms with E-state index in [1.165, 1.54) is 22.6 Å². The van der Waals surface area contributed by atoms with Gasteiger partial charge in [0.2, 0.25) is 0 Å². The minimum absolute atomic E-state index is 0.779. The van der Waals surface area contributed by atoms with Crippen molar-refractivity contribution in [2.75, 3.05) is 18.1 Å². The van der Waals surface area contributed by atoms with Crippen molar-refractivity contribution in [3.05, 3.63) is 29.3 Å². The molecule has 0 amide bonds. The van der Waals surface area contributed by atoms with E-state index in [1.807, 2.05) is 11.8 Å². The number of fused-ring (bicyclic) bond motifs is 1. The molecule has 2 heterocycles. The third kappa shape index (κ3) is 1.99. The van der Waals surface area contributed by atoms with E-state index in [0.717, 1.165) is 31.4 Å². The van der Waals surface area contributed by atoms with Crippen molar-refractivity contribution in [2.24, 2.45) is 5.92 Å². The molecule has 0 spiro atoms. The number of nitrogens with one attached hydrogen (secondary N) is 1. The zero-order valence-electron chi connectivity index (χ0n) is 8.66. The average molecular weight is 221 g/mol. The lowest BCUT2D eigenvalue weighted by molar-refractivity contribution is 0.270. The van der Waals surface area contributed by atoms with Gasteiger partial charge in [-0.15, -0.1) is 0 Å². The van der Waals surface area contributed by atoms with E-state index in [9.17, 15) is 0 Å². The summed E-state index contributed by atoms with van der Waals surface area (Å²) in [6.45, 7) is 2.89. The van der Waals surface area contributed by atoms with Gasteiger partial charge >= 0.3 is 0 Å². The topological polar surface area (TPSA) is 21.3 Å². The molecule has 0 aliphatic carbocycles. The van der Waals surface area contributed by atoms with E-state index in [2.05, 4.69) is 23.5 Å². The summed E-state index contributed by atoms with van der Waals surface area (Å²) in [6.07, 6.45) is 0. The second-order valence-electron chi connectivity index (χ2n) is 4.25. The van der Waals surface area contributed by atoms with E-state index in [-0.39, 0.29) is 0 Å². The van der Waals surface area contributed by atoms with Crippen LogP contribution in [0.15, 0.2) is 18.2 Å². The standard InChI is InChI=1S/C12H15NOS/c1-2-12(14-6-9-7-15-8-9)3-11-5-13-4-10(1)11/h1-3,9,13H,4-8H2. The first-order valence-electron chi connectivity index (χ1n) is 5.45. The Morgan fingerprint density at radius 3 is 2.93 bits per heavy atom. The molecule has 2 aliphatic rings. The molecule has 2 nitrogen and oxygen atoms in total. The molecule has 3 rings (SSSR count). The number of hydrogen-bond donors (Lipinski definition) is 1. The predicted molar refractivity (Wildman–Crippen MR) is 63.3 cm³/mol. The first-order valence-corrected chi connectivity index (χ1v) is 6.60. The first-order chi connectivity index (χ1) is 7.42. The van der Waals surface area contributed by atoms with Crippen LogP contribution in [0.1, 0.15) is 11.1 Å². The highest BCUT2D eigenvalue weighted by Crippen LogP contribution is 2.26. The van der Waals surface area contributed by atoms with Crippen LogP contribution in [0.5, 0.6) is 5.75 Å². The zero-order chi connectivity index (χ0) is 10.1. The second kappa shape index (κ2) is 4.06. The molecule has 0 unspecified atom stereocenters. The maximum atomic E-state index is 5.79. The number of hydrogen-bond acceptors (Lipinski definition) is 3. The van der Waals surface area contributed by atoms with Gasteiger partial charge in [-0.25, -0.2) is 0 Å². The molecular weight excluding hydrogens is 206 g/mol. The van der Waals surface area contributed by atoms with Gasteiger partial charge in [-0.2, -0.15) is 11.8 Å². The molecule has 80 valence electrons. The largest absolute Gasteiger partial charge is 0.493 e. The highest BCUT2D eigenvalue weighted by Gasteiger charge is 2.19. The smallest absolute Gasteiger partial charge is 0.119 e. The molecule has 2 aliphatic heterocycles. The van der Waals surface area contributed by atoms with Crippen molar-refractivity contribution in [3.63, 3.8) is 0 Å². The van der Waals surface area contributed by atoms with Gasteiger partial charge in [-0.3, -0.25) is 0 Å². The van der Waals surface area contributed by atoms with E-state index in [4.69, 9.17) is 4.74 Å². The fourth-order valence-electron chi connectivity index (χ4n) is 1.96. The minimum Gasteiger partial charge on any atom is -0.493 e. The Labute approximate surface area is 94.4 Å². The van der Waals surface area contributed by atoms with E-state index < -0.39 is 0 Å². The molecule has 1 aromatic carbocycles. The quantitative estimate of drug-likeness (QED) is 0.844. The van der Waals surface area contributed by atoms with Gasteiger partial charge in [0, 0.05) is 30.5 Å². The molecule has 1 N–H and O–H groups in total. The molecule has 0 radical (unpaired) electrons. The van der Waals surface area contributed by atoms with Crippen LogP contribution in [-0.4, -0.2) is 18.1 Å². The van der Waals surface area contributed by atoms with Crippen LogP contribution in [0.2, 0.25) is 0 Å². The molecule has 1 aromatic rings. The summed E-state index contributed by atoms with van der Waals surface area (Å²) in [5.74, 6) is 4.36. The van der Waals surface area contributed by atoms with Crippen molar-refractivity contribution in [3.8, 4) is 5.75 Å². The summed E-state index contributed by atoms with van der Waals surface area (Å²) in [6, 6.07) is 6.46. The third-order valence-corrected chi connectivity index (χ3v) is 4.42. The predicted octanol–water partition coefficient (Wildman–Crippen LogP) is 2.03. The van der Waals surface area contributed by atoms with Gasteiger partial charge in [-0.05, 0) is 23.3 Å². The third-order valence-electron chi connectivity index (χ3n) is 3.00. The Morgan fingerprint density at radius 1 is 1.27 bits per heavy atom. The van der Waals surface area contributed by atoms with E-state index in [1.54, 1.807) is 0 Å². The Kier molecular flexibility index (Phi) is 2.59. The first kappa shape index (κ1) is 9.55. The van der Waals surface area contributed by atoms with Crippen LogP contribution in [-0.2, 0) is 13.1 Å². The normalized spacial score (nSPS) is 19.7. The van der Waals surface area contributed by atoms with Crippen molar-refractivity contribution in [1.29, 1.82) is 0 Å². The molecule has 1 fully saturated rings. The molecule has 1 saturated heterocycles. The van der Waals surface area contributed by atoms with Crippen molar-refractivity contribution >= 4 is 11.8 Å². The van der Waals surface area contributed by atoms with E-state index >= 15 is 0 Å². The van der Waals surface area contributed by atoms with Crippen LogP contribution < -0.4 is 10.1 Å². The van der Waals surface area contributed by atoms with Crippen LogP contribution >= 0.6 is 11.8 Å². The monoisotopic (exact) mass is 221 g/mol. The Bertz CT molecular complexity index is 363. The lowest BCUT2D eigenvalue weighted by atomic mass is 10.1. The Hall–Kier alpha value is -0.670. The van der Waals surface area contributed by atoms with Crippen molar-refractivity contribution in [2.45, 2.75) is 13.1 Å². The van der Waals surface area contributed by atoms with Crippen LogP contribution in [0, 0.1) is 5.92 Å². The summed E-state index contributed by atoms with van der Waals surface area (Å²) in [5, 5.41) is 3.34. The lowest BCUT2D eigenvalue weighted by Crippen LogP contribution is -2.25. The van der Waals surface area contributed by atoms with Gasteiger partial charge in [0.15, 0.2) is 0 Å². The molecule has 0 bridgehead atoms. The highest BCUT2D eigenvalue weighted by molar-refractivity contribution is 8.00. The van der Waals surface area contributed by atoms with Crippen LogP contribution in [0.4, 0.5) is 0 Å². The summed E-state index contributed by atoms with van der Waals surface area (Å²) >= 11 is 2.01. The molecule has 0 aromatic heterocycles.